The summed E-state index contributed by atoms with van der Waals surface area (Å²) in [6, 6.07) is 17.0. The van der Waals surface area contributed by atoms with E-state index in [2.05, 4.69) is 31.3 Å². The third kappa shape index (κ3) is 2.75. The van der Waals surface area contributed by atoms with E-state index >= 15 is 0 Å². The van der Waals surface area contributed by atoms with E-state index in [1.807, 2.05) is 42.5 Å². The molecule has 2 nitrogen and oxygen atoms in total. The highest BCUT2D eigenvalue weighted by Gasteiger charge is 2.22. The molecule has 0 N–H and O–H groups in total. The average molecular weight is 429 g/mol. The number of nitrogens with zero attached hydrogens (tertiary/aromatic N) is 2. The second-order valence-electron chi connectivity index (χ2n) is 5.70. The van der Waals surface area contributed by atoms with Gasteiger partial charge in [-0.15, -0.1) is 0 Å². The van der Waals surface area contributed by atoms with E-state index < -0.39 is 11.6 Å². The highest BCUT2D eigenvalue weighted by Crippen LogP contribution is 2.37. The van der Waals surface area contributed by atoms with Gasteiger partial charge in [-0.1, -0.05) is 61.2 Å². The van der Waals surface area contributed by atoms with Gasteiger partial charge >= 0.3 is 0 Å². The van der Waals surface area contributed by atoms with E-state index in [9.17, 15) is 8.78 Å². The summed E-state index contributed by atoms with van der Waals surface area (Å²) in [6.45, 7) is 4.12. The summed E-state index contributed by atoms with van der Waals surface area (Å²) in [5.41, 5.74) is 4.09. The minimum Gasteiger partial charge on any atom is -0.203 e. The summed E-state index contributed by atoms with van der Waals surface area (Å²) in [6.07, 6.45) is 0. The minimum atomic E-state index is -0.960. The van der Waals surface area contributed by atoms with Crippen molar-refractivity contribution in [3.05, 3.63) is 88.4 Å². The molecule has 0 bridgehead atoms. The number of benzene rings is 3. The Hall–Kier alpha value is -2.44. The van der Waals surface area contributed by atoms with Crippen LogP contribution in [-0.2, 0) is 0 Å². The van der Waals surface area contributed by atoms with Crippen molar-refractivity contribution < 1.29 is 8.78 Å². The number of rotatable bonds is 3. The molecule has 0 aliphatic carbocycles. The molecule has 4 aromatic rings. The van der Waals surface area contributed by atoms with Gasteiger partial charge in [0, 0.05) is 5.56 Å². The second-order valence-corrected chi connectivity index (χ2v) is 7.02. The smallest absolute Gasteiger partial charge is 0.176 e. The third-order valence-corrected chi connectivity index (χ3v) is 5.43. The van der Waals surface area contributed by atoms with E-state index in [1.165, 1.54) is 0 Å². The zero-order valence-electron chi connectivity index (χ0n) is 13.3. The molecule has 1 aromatic heterocycles. The van der Waals surface area contributed by atoms with Crippen LogP contribution >= 0.6 is 27.7 Å². The second kappa shape index (κ2) is 6.70. The third-order valence-electron chi connectivity index (χ3n) is 4.18. The van der Waals surface area contributed by atoms with E-state index in [1.54, 1.807) is 12.1 Å². The molecule has 0 saturated heterocycles. The first kappa shape index (κ1) is 17.0. The summed E-state index contributed by atoms with van der Waals surface area (Å²) in [4.78, 5) is 0. The van der Waals surface area contributed by atoms with Gasteiger partial charge in [0.15, 0.2) is 11.6 Å². The van der Waals surface area contributed by atoms with E-state index in [0.29, 0.717) is 16.6 Å². The highest BCUT2D eigenvalue weighted by atomic mass is 79.9. The summed E-state index contributed by atoms with van der Waals surface area (Å²) in [7, 11) is 0. The SMILES string of the molecule is C=C(c1ccccc1)c1ccc(-c2c(F)c(F)c(Br)c3nsnc23)cc1. The minimum absolute atomic E-state index is 0.00317. The predicted molar refractivity (Wildman–Crippen MR) is 105 cm³/mol. The van der Waals surface area contributed by atoms with Crippen molar-refractivity contribution in [1.82, 2.24) is 8.75 Å². The van der Waals surface area contributed by atoms with Gasteiger partial charge in [0.25, 0.3) is 0 Å². The average Bonchev–Trinajstić information content (AvgIpc) is 3.16. The number of fused-ring (bicyclic) bond motifs is 1. The maximum atomic E-state index is 14.6. The standard InChI is InChI=1S/C20H11BrF2N2S/c1-11(12-5-3-2-4-6-12)13-7-9-14(10-8-13)15-17(22)18(23)16(21)20-19(15)24-26-25-20/h2-10H,1H2. The molecule has 0 aliphatic rings. The molecule has 0 radical (unpaired) electrons. The van der Waals surface area contributed by atoms with Crippen molar-refractivity contribution in [1.29, 1.82) is 0 Å². The molecule has 0 amide bonds. The quantitative estimate of drug-likeness (QED) is 0.350. The highest BCUT2D eigenvalue weighted by molar-refractivity contribution is 9.10. The maximum Gasteiger partial charge on any atom is 0.176 e. The Morgan fingerprint density at radius 2 is 1.46 bits per heavy atom. The molecule has 0 saturated carbocycles. The Balaban J connectivity index is 1.80. The molecule has 6 heteroatoms. The van der Waals surface area contributed by atoms with Gasteiger partial charge in [0.05, 0.1) is 16.2 Å². The van der Waals surface area contributed by atoms with Gasteiger partial charge in [0.1, 0.15) is 11.0 Å². The number of hydrogen-bond donors (Lipinski definition) is 0. The first-order valence-corrected chi connectivity index (χ1v) is 9.24. The molecule has 0 spiro atoms. The number of aromatic nitrogens is 2. The van der Waals surface area contributed by atoms with Gasteiger partial charge in [-0.05, 0) is 38.2 Å². The number of hydrogen-bond acceptors (Lipinski definition) is 3. The van der Waals surface area contributed by atoms with E-state index in [-0.39, 0.29) is 10.0 Å². The summed E-state index contributed by atoms with van der Waals surface area (Å²) in [5, 5.41) is 0. The molecule has 128 valence electrons. The van der Waals surface area contributed by atoms with Crippen LogP contribution in [0.25, 0.3) is 27.7 Å². The lowest BCUT2D eigenvalue weighted by Crippen LogP contribution is -1.95. The van der Waals surface area contributed by atoms with Crippen LogP contribution in [0, 0.1) is 11.6 Å². The molecule has 4 rings (SSSR count). The summed E-state index contributed by atoms with van der Waals surface area (Å²) < 4.78 is 37.0. The van der Waals surface area contributed by atoms with Crippen LogP contribution < -0.4 is 0 Å². The number of halogens is 3. The van der Waals surface area contributed by atoms with Crippen LogP contribution in [0.15, 0.2) is 65.6 Å². The molecule has 1 heterocycles. The normalized spacial score (nSPS) is 11.0. The zero-order chi connectivity index (χ0) is 18.3. The van der Waals surface area contributed by atoms with Gasteiger partial charge < -0.3 is 0 Å². The Morgan fingerprint density at radius 1 is 0.846 bits per heavy atom. The van der Waals surface area contributed by atoms with Crippen LogP contribution in [0.5, 0.6) is 0 Å². The molecule has 26 heavy (non-hydrogen) atoms. The van der Waals surface area contributed by atoms with E-state index in [4.69, 9.17) is 0 Å². The topological polar surface area (TPSA) is 25.8 Å². The zero-order valence-corrected chi connectivity index (χ0v) is 15.7. The Kier molecular flexibility index (Phi) is 4.38. The molecule has 0 unspecified atom stereocenters. The Morgan fingerprint density at radius 3 is 2.15 bits per heavy atom. The largest absolute Gasteiger partial charge is 0.203 e. The molecule has 0 aliphatic heterocycles. The first-order chi connectivity index (χ1) is 12.6. The lowest BCUT2D eigenvalue weighted by atomic mass is 9.96. The lowest BCUT2D eigenvalue weighted by molar-refractivity contribution is 0.509. The molecule has 0 fully saturated rings. The first-order valence-electron chi connectivity index (χ1n) is 7.71. The Bertz CT molecular complexity index is 1120. The van der Waals surface area contributed by atoms with Crippen molar-refractivity contribution in [3.8, 4) is 11.1 Å². The van der Waals surface area contributed by atoms with Crippen LogP contribution in [0.3, 0.4) is 0 Å². The van der Waals surface area contributed by atoms with Crippen molar-refractivity contribution >= 4 is 44.3 Å². The Labute approximate surface area is 161 Å². The molecule has 3 aromatic carbocycles. The lowest BCUT2D eigenvalue weighted by Gasteiger charge is -2.10. The van der Waals surface area contributed by atoms with Gasteiger partial charge in [-0.25, -0.2) is 8.78 Å². The monoisotopic (exact) mass is 428 g/mol. The van der Waals surface area contributed by atoms with Gasteiger partial charge in [-0.3, -0.25) is 0 Å². The van der Waals surface area contributed by atoms with Crippen LogP contribution in [0.4, 0.5) is 8.78 Å². The molecular formula is C20H11BrF2N2S. The van der Waals surface area contributed by atoms with Gasteiger partial charge in [-0.2, -0.15) is 8.75 Å². The maximum absolute atomic E-state index is 14.6. The van der Waals surface area contributed by atoms with Crippen molar-refractivity contribution in [2.24, 2.45) is 0 Å². The van der Waals surface area contributed by atoms with Crippen LogP contribution in [-0.4, -0.2) is 8.75 Å². The van der Waals surface area contributed by atoms with Gasteiger partial charge in [0.2, 0.25) is 0 Å². The summed E-state index contributed by atoms with van der Waals surface area (Å²) in [5.74, 6) is -1.90. The molecule has 0 atom stereocenters. The van der Waals surface area contributed by atoms with Crippen molar-refractivity contribution in [3.63, 3.8) is 0 Å². The van der Waals surface area contributed by atoms with Crippen molar-refractivity contribution in [2.45, 2.75) is 0 Å². The fourth-order valence-corrected chi connectivity index (χ4v) is 3.95. The van der Waals surface area contributed by atoms with E-state index in [0.717, 1.165) is 28.4 Å². The van der Waals surface area contributed by atoms with Crippen LogP contribution in [0.1, 0.15) is 11.1 Å². The molecular weight excluding hydrogens is 418 g/mol. The van der Waals surface area contributed by atoms with Crippen LogP contribution in [0.2, 0.25) is 0 Å². The summed E-state index contributed by atoms with van der Waals surface area (Å²) >= 11 is 3.97. The fraction of sp³-hybridized carbons (Fsp3) is 0. The predicted octanol–water partition coefficient (Wildman–Crippen LogP) is 6.46. The van der Waals surface area contributed by atoms with Crippen molar-refractivity contribution in [2.75, 3.05) is 0 Å². The fourth-order valence-electron chi connectivity index (χ4n) is 2.82.